The van der Waals surface area contributed by atoms with Gasteiger partial charge >= 0.3 is 0 Å². The summed E-state index contributed by atoms with van der Waals surface area (Å²) >= 11 is 0. The number of hydrogen-bond acceptors (Lipinski definition) is 3. The second-order valence-electron chi connectivity index (χ2n) is 6.03. The van der Waals surface area contributed by atoms with Gasteiger partial charge in [-0.2, -0.15) is 0 Å². The highest BCUT2D eigenvalue weighted by molar-refractivity contribution is 5.16. The Morgan fingerprint density at radius 3 is 2.89 bits per heavy atom. The lowest BCUT2D eigenvalue weighted by Gasteiger charge is -2.16. The summed E-state index contributed by atoms with van der Waals surface area (Å²) in [5.74, 6) is 2.73. The van der Waals surface area contributed by atoms with E-state index in [4.69, 9.17) is 4.42 Å². The highest BCUT2D eigenvalue weighted by Gasteiger charge is 2.23. The van der Waals surface area contributed by atoms with Gasteiger partial charge in [0.2, 0.25) is 0 Å². The molecular weight excluding hydrogens is 224 g/mol. The molecule has 102 valence electrons. The minimum absolute atomic E-state index is 0.681. The molecule has 1 fully saturated rings. The SMILES string of the molecule is CC(C)CNCc1occc1CN(C)CC1CC1. The van der Waals surface area contributed by atoms with E-state index < -0.39 is 0 Å². The molecule has 1 aromatic heterocycles. The number of nitrogens with zero attached hydrogens (tertiary/aromatic N) is 1. The van der Waals surface area contributed by atoms with Crippen molar-refractivity contribution in [3.8, 4) is 0 Å². The molecule has 1 aliphatic carbocycles. The first-order valence-electron chi connectivity index (χ1n) is 7.09. The first-order chi connectivity index (χ1) is 8.65. The van der Waals surface area contributed by atoms with Crippen molar-refractivity contribution in [2.24, 2.45) is 11.8 Å². The fourth-order valence-corrected chi connectivity index (χ4v) is 2.23. The topological polar surface area (TPSA) is 28.4 Å². The van der Waals surface area contributed by atoms with E-state index in [9.17, 15) is 0 Å². The van der Waals surface area contributed by atoms with E-state index in [0.717, 1.165) is 31.3 Å². The van der Waals surface area contributed by atoms with Crippen molar-refractivity contribution in [3.63, 3.8) is 0 Å². The molecule has 1 N–H and O–H groups in total. The van der Waals surface area contributed by atoms with Crippen molar-refractivity contribution >= 4 is 0 Å². The standard InChI is InChI=1S/C15H26N2O/c1-12(2)8-16-9-15-14(6-7-18-15)11-17(3)10-13-4-5-13/h6-7,12-13,16H,4-5,8-11H2,1-3H3. The quantitative estimate of drug-likeness (QED) is 0.769. The summed E-state index contributed by atoms with van der Waals surface area (Å²) < 4.78 is 5.58. The second kappa shape index (κ2) is 6.39. The largest absolute Gasteiger partial charge is 0.468 e. The molecule has 2 rings (SSSR count). The van der Waals surface area contributed by atoms with Crippen LogP contribution >= 0.6 is 0 Å². The lowest BCUT2D eigenvalue weighted by Crippen LogP contribution is -2.22. The summed E-state index contributed by atoms with van der Waals surface area (Å²) in [6.07, 6.45) is 4.64. The number of nitrogens with one attached hydrogen (secondary N) is 1. The third-order valence-corrected chi connectivity index (χ3v) is 3.38. The molecular formula is C15H26N2O. The average molecular weight is 250 g/mol. The molecule has 0 aromatic carbocycles. The highest BCUT2D eigenvalue weighted by atomic mass is 16.3. The summed E-state index contributed by atoms with van der Waals surface area (Å²) in [6.45, 7) is 8.56. The lowest BCUT2D eigenvalue weighted by atomic mass is 10.2. The molecule has 1 saturated carbocycles. The van der Waals surface area contributed by atoms with Gasteiger partial charge in [0, 0.05) is 18.7 Å². The summed E-state index contributed by atoms with van der Waals surface area (Å²) in [4.78, 5) is 2.41. The van der Waals surface area contributed by atoms with Crippen LogP contribution in [0.1, 0.15) is 38.0 Å². The van der Waals surface area contributed by atoms with E-state index in [-0.39, 0.29) is 0 Å². The molecule has 0 saturated heterocycles. The average Bonchev–Trinajstić information content (AvgIpc) is 2.99. The fraction of sp³-hybridized carbons (Fsp3) is 0.733. The maximum Gasteiger partial charge on any atom is 0.122 e. The van der Waals surface area contributed by atoms with Gasteiger partial charge in [0.1, 0.15) is 5.76 Å². The van der Waals surface area contributed by atoms with Gasteiger partial charge in [-0.25, -0.2) is 0 Å². The third kappa shape index (κ3) is 4.46. The van der Waals surface area contributed by atoms with Gasteiger partial charge in [-0.3, -0.25) is 0 Å². The Bertz CT molecular complexity index is 355. The third-order valence-electron chi connectivity index (χ3n) is 3.38. The highest BCUT2D eigenvalue weighted by Crippen LogP contribution is 2.29. The Hall–Kier alpha value is -0.800. The van der Waals surface area contributed by atoms with Crippen LogP contribution in [0.5, 0.6) is 0 Å². The van der Waals surface area contributed by atoms with Crippen molar-refractivity contribution in [1.82, 2.24) is 10.2 Å². The van der Waals surface area contributed by atoms with Crippen LogP contribution in [0.3, 0.4) is 0 Å². The Morgan fingerprint density at radius 2 is 2.22 bits per heavy atom. The Morgan fingerprint density at radius 1 is 1.44 bits per heavy atom. The van der Waals surface area contributed by atoms with Gasteiger partial charge < -0.3 is 14.6 Å². The maximum atomic E-state index is 5.58. The van der Waals surface area contributed by atoms with Crippen LogP contribution in [-0.2, 0) is 13.1 Å². The first-order valence-corrected chi connectivity index (χ1v) is 7.09. The molecule has 0 amide bonds. The van der Waals surface area contributed by atoms with Crippen LogP contribution in [0, 0.1) is 11.8 Å². The summed E-state index contributed by atoms with van der Waals surface area (Å²) in [6, 6.07) is 2.11. The maximum absolute atomic E-state index is 5.58. The van der Waals surface area contributed by atoms with Crippen LogP contribution in [0.4, 0.5) is 0 Å². The zero-order chi connectivity index (χ0) is 13.0. The molecule has 0 aliphatic heterocycles. The van der Waals surface area contributed by atoms with Crippen LogP contribution in [-0.4, -0.2) is 25.0 Å². The monoisotopic (exact) mass is 250 g/mol. The lowest BCUT2D eigenvalue weighted by molar-refractivity contribution is 0.309. The van der Waals surface area contributed by atoms with Gasteiger partial charge in [0.15, 0.2) is 0 Å². The van der Waals surface area contributed by atoms with Crippen molar-refractivity contribution in [2.45, 2.75) is 39.8 Å². The fourth-order valence-electron chi connectivity index (χ4n) is 2.23. The normalized spacial score (nSPS) is 15.8. The molecule has 0 spiro atoms. The molecule has 1 aliphatic rings. The zero-order valence-corrected chi connectivity index (χ0v) is 11.9. The predicted molar refractivity (Wildman–Crippen MR) is 74.3 cm³/mol. The van der Waals surface area contributed by atoms with Gasteiger partial charge in [0.25, 0.3) is 0 Å². The van der Waals surface area contributed by atoms with E-state index in [2.05, 4.69) is 37.2 Å². The Kier molecular flexibility index (Phi) is 4.84. The second-order valence-corrected chi connectivity index (χ2v) is 6.03. The summed E-state index contributed by atoms with van der Waals surface area (Å²) in [5.41, 5.74) is 1.33. The zero-order valence-electron chi connectivity index (χ0n) is 11.9. The molecule has 0 unspecified atom stereocenters. The number of hydrogen-bond donors (Lipinski definition) is 1. The Labute approximate surface area is 111 Å². The van der Waals surface area contributed by atoms with Gasteiger partial charge in [-0.15, -0.1) is 0 Å². The van der Waals surface area contributed by atoms with E-state index in [1.807, 2.05) is 6.26 Å². The molecule has 3 heteroatoms. The summed E-state index contributed by atoms with van der Waals surface area (Å²) in [7, 11) is 2.21. The Balaban J connectivity index is 1.78. The minimum Gasteiger partial charge on any atom is -0.468 e. The van der Waals surface area contributed by atoms with Crippen LogP contribution in [0.25, 0.3) is 0 Å². The number of furan rings is 1. The van der Waals surface area contributed by atoms with Crippen LogP contribution in [0.2, 0.25) is 0 Å². The minimum atomic E-state index is 0.681. The van der Waals surface area contributed by atoms with Crippen molar-refractivity contribution in [3.05, 3.63) is 23.7 Å². The first kappa shape index (κ1) is 13.6. The predicted octanol–water partition coefficient (Wildman–Crippen LogP) is 2.87. The molecule has 1 aromatic rings. The van der Waals surface area contributed by atoms with E-state index in [0.29, 0.717) is 5.92 Å². The van der Waals surface area contributed by atoms with Crippen molar-refractivity contribution in [1.29, 1.82) is 0 Å². The van der Waals surface area contributed by atoms with Gasteiger partial charge in [-0.05, 0) is 44.3 Å². The molecule has 0 atom stereocenters. The van der Waals surface area contributed by atoms with E-state index in [1.54, 1.807) is 0 Å². The van der Waals surface area contributed by atoms with Crippen molar-refractivity contribution < 1.29 is 4.42 Å². The molecule has 18 heavy (non-hydrogen) atoms. The van der Waals surface area contributed by atoms with E-state index in [1.165, 1.54) is 24.9 Å². The smallest absolute Gasteiger partial charge is 0.122 e. The van der Waals surface area contributed by atoms with E-state index >= 15 is 0 Å². The van der Waals surface area contributed by atoms with Crippen molar-refractivity contribution in [2.75, 3.05) is 20.1 Å². The molecule has 0 bridgehead atoms. The molecule has 1 heterocycles. The molecule has 3 nitrogen and oxygen atoms in total. The number of rotatable bonds is 8. The van der Waals surface area contributed by atoms with Crippen LogP contribution < -0.4 is 5.32 Å². The van der Waals surface area contributed by atoms with Gasteiger partial charge in [0.05, 0.1) is 12.8 Å². The van der Waals surface area contributed by atoms with Gasteiger partial charge in [-0.1, -0.05) is 13.8 Å². The van der Waals surface area contributed by atoms with Crippen LogP contribution in [0.15, 0.2) is 16.7 Å². The molecule has 0 radical (unpaired) electrons. The summed E-state index contributed by atoms with van der Waals surface area (Å²) in [5, 5.41) is 3.44.